The van der Waals surface area contributed by atoms with Gasteiger partial charge in [0.1, 0.15) is 17.0 Å². The number of carbonyl (C=O) groups is 2. The Morgan fingerprint density at radius 1 is 1.10 bits per heavy atom. The predicted molar refractivity (Wildman–Crippen MR) is 148 cm³/mol. The second-order valence-electron chi connectivity index (χ2n) is 10.4. The van der Waals surface area contributed by atoms with Gasteiger partial charge >= 0.3 is 12.0 Å². The Kier molecular flexibility index (Phi) is 7.37. The maximum absolute atomic E-state index is 13.3. The molecule has 5 rings (SSSR count). The number of fused-ring (bicyclic) bond motifs is 1. The Morgan fingerprint density at radius 2 is 1.80 bits per heavy atom. The molecule has 1 N–H and O–H groups in total. The summed E-state index contributed by atoms with van der Waals surface area (Å²) in [6.45, 7) is 8.04. The number of piperidine rings is 1. The third kappa shape index (κ3) is 5.72. The molecule has 1 fully saturated rings. The molecule has 2 aromatic heterocycles. The van der Waals surface area contributed by atoms with E-state index in [2.05, 4.69) is 15.0 Å². The van der Waals surface area contributed by atoms with Gasteiger partial charge in [0.15, 0.2) is 5.60 Å². The van der Waals surface area contributed by atoms with Crippen LogP contribution in [0.25, 0.3) is 22.7 Å². The minimum atomic E-state index is -1.14. The van der Waals surface area contributed by atoms with Crippen molar-refractivity contribution < 1.29 is 28.6 Å². The zero-order valence-electron chi connectivity index (χ0n) is 22.6. The molecule has 1 amide bonds. The average Bonchev–Trinajstić information content (AvgIpc) is 3.34. The number of benzene rings is 2. The highest BCUT2D eigenvalue weighted by molar-refractivity contribution is 6.30. The van der Waals surface area contributed by atoms with Crippen molar-refractivity contribution in [1.29, 1.82) is 0 Å². The van der Waals surface area contributed by atoms with Gasteiger partial charge in [-0.25, -0.2) is 9.97 Å². The van der Waals surface area contributed by atoms with Gasteiger partial charge in [0.2, 0.25) is 5.89 Å². The number of aryl methyl sites for hydroxylation is 2. The lowest BCUT2D eigenvalue weighted by atomic mass is 9.95. The first-order chi connectivity index (χ1) is 19.0. The van der Waals surface area contributed by atoms with Crippen LogP contribution in [-0.4, -0.2) is 55.5 Å². The summed E-state index contributed by atoms with van der Waals surface area (Å²) in [4.78, 5) is 39.3. The van der Waals surface area contributed by atoms with Crippen molar-refractivity contribution in [3.05, 3.63) is 58.7 Å². The highest BCUT2D eigenvalue weighted by Gasteiger charge is 2.37. The quantitative estimate of drug-likeness (QED) is 0.295. The van der Waals surface area contributed by atoms with Crippen LogP contribution in [0.4, 0.5) is 0 Å². The first-order valence-corrected chi connectivity index (χ1v) is 13.3. The zero-order valence-corrected chi connectivity index (χ0v) is 23.4. The minimum Gasteiger partial charge on any atom is -0.481 e. The molecule has 0 atom stereocenters. The van der Waals surface area contributed by atoms with Gasteiger partial charge in [-0.15, -0.1) is 0 Å². The molecule has 0 radical (unpaired) electrons. The Balaban J connectivity index is 1.33. The molecule has 1 aliphatic rings. The summed E-state index contributed by atoms with van der Waals surface area (Å²) in [5.41, 5.74) is 1.94. The molecule has 11 heteroatoms. The normalized spacial score (nSPS) is 14.4. The molecule has 3 heterocycles. The molecule has 0 aliphatic carbocycles. The number of carboxylic acids is 1. The van der Waals surface area contributed by atoms with Gasteiger partial charge < -0.3 is 23.9 Å². The zero-order chi connectivity index (χ0) is 28.6. The number of ether oxygens (including phenoxy) is 2. The maximum atomic E-state index is 13.3. The van der Waals surface area contributed by atoms with E-state index >= 15 is 0 Å². The van der Waals surface area contributed by atoms with E-state index in [9.17, 15) is 14.7 Å². The summed E-state index contributed by atoms with van der Waals surface area (Å²) in [6, 6.07) is 10.8. The number of likely N-dealkylation sites (tertiary alicyclic amines) is 1. The highest BCUT2D eigenvalue weighted by atomic mass is 35.5. The number of carbonyl (C=O) groups excluding carboxylic acids is 1. The molecule has 208 valence electrons. The second kappa shape index (κ2) is 10.8. The van der Waals surface area contributed by atoms with E-state index in [1.54, 1.807) is 43.0 Å². The third-order valence-corrected chi connectivity index (χ3v) is 7.08. The number of amides is 1. The molecule has 0 spiro atoms. The lowest BCUT2D eigenvalue weighted by Gasteiger charge is -2.36. The molecule has 10 nitrogen and oxygen atoms in total. The molecular weight excluding hydrogens is 536 g/mol. The summed E-state index contributed by atoms with van der Waals surface area (Å²) in [5, 5.41) is 9.78. The SMILES string of the molecule is Cc1cc(-c2nc3cnc(Oc4cccc(Cl)c4)nc3o2)cc(C)c1OC(C)(C)C(=O)N1CCC(C(=O)O)CC1. The van der Waals surface area contributed by atoms with Crippen molar-refractivity contribution in [2.45, 2.75) is 46.1 Å². The fourth-order valence-electron chi connectivity index (χ4n) is 4.77. The number of hydrogen-bond acceptors (Lipinski definition) is 8. The highest BCUT2D eigenvalue weighted by Crippen LogP contribution is 2.34. The standard InChI is InChI=1S/C29H29ClN4O6/c1-16-12-19(24-32-22-15-31-28(33-25(22)39-24)38-21-7-5-6-20(30)14-21)13-17(2)23(16)40-29(3,4)27(37)34-10-8-18(9-11-34)26(35)36/h5-7,12-15,18H,8-11H2,1-4H3,(H,35,36). The molecule has 2 aromatic carbocycles. The summed E-state index contributed by atoms with van der Waals surface area (Å²) < 4.78 is 17.9. The lowest BCUT2D eigenvalue weighted by Crippen LogP contribution is -2.51. The number of aliphatic carboxylic acids is 1. The summed E-state index contributed by atoms with van der Waals surface area (Å²) >= 11 is 6.02. The average molecular weight is 565 g/mol. The molecule has 1 saturated heterocycles. The van der Waals surface area contributed by atoms with Gasteiger partial charge in [0, 0.05) is 23.7 Å². The van der Waals surface area contributed by atoms with Crippen molar-refractivity contribution in [2.24, 2.45) is 5.92 Å². The molecule has 0 bridgehead atoms. The van der Waals surface area contributed by atoms with E-state index in [-0.39, 0.29) is 17.6 Å². The fraction of sp³-hybridized carbons (Fsp3) is 0.345. The summed E-state index contributed by atoms with van der Waals surface area (Å²) in [5.74, 6) is 0.0534. The van der Waals surface area contributed by atoms with E-state index in [1.165, 1.54) is 6.20 Å². The number of halogens is 1. The number of oxazole rings is 1. The van der Waals surface area contributed by atoms with Crippen molar-refractivity contribution >= 4 is 34.7 Å². The van der Waals surface area contributed by atoms with Crippen LogP contribution in [-0.2, 0) is 9.59 Å². The Labute approximate surface area is 235 Å². The Morgan fingerprint density at radius 3 is 2.45 bits per heavy atom. The molecule has 1 aliphatic heterocycles. The number of carboxylic acid groups (broad SMARTS) is 1. The van der Waals surface area contributed by atoms with Gasteiger partial charge in [-0.3, -0.25) is 9.59 Å². The molecular formula is C29H29ClN4O6. The van der Waals surface area contributed by atoms with E-state index in [0.717, 1.165) is 16.7 Å². The van der Waals surface area contributed by atoms with Crippen LogP contribution in [0, 0.1) is 19.8 Å². The van der Waals surface area contributed by atoms with Gasteiger partial charge in [0.05, 0.1) is 12.1 Å². The summed E-state index contributed by atoms with van der Waals surface area (Å²) in [6.07, 6.45) is 2.40. The van der Waals surface area contributed by atoms with Crippen molar-refractivity contribution in [3.63, 3.8) is 0 Å². The van der Waals surface area contributed by atoms with Crippen molar-refractivity contribution in [1.82, 2.24) is 19.9 Å². The number of hydrogen-bond donors (Lipinski definition) is 1. The van der Waals surface area contributed by atoms with Gasteiger partial charge in [0.25, 0.3) is 11.6 Å². The molecule has 40 heavy (non-hydrogen) atoms. The van der Waals surface area contributed by atoms with Crippen molar-refractivity contribution in [2.75, 3.05) is 13.1 Å². The van der Waals surface area contributed by atoms with Gasteiger partial charge in [-0.2, -0.15) is 4.98 Å². The monoisotopic (exact) mass is 564 g/mol. The predicted octanol–water partition coefficient (Wildman–Crippen LogP) is 5.83. The van der Waals surface area contributed by atoms with Crippen LogP contribution in [0.2, 0.25) is 5.02 Å². The minimum absolute atomic E-state index is 0.104. The number of rotatable bonds is 7. The van der Waals surface area contributed by atoms with Crippen LogP contribution in [0.15, 0.2) is 47.0 Å². The van der Waals surface area contributed by atoms with E-state index < -0.39 is 17.5 Å². The van der Waals surface area contributed by atoms with Crippen LogP contribution < -0.4 is 9.47 Å². The smallest absolute Gasteiger partial charge is 0.325 e. The van der Waals surface area contributed by atoms with Crippen molar-refractivity contribution in [3.8, 4) is 29.0 Å². The van der Waals surface area contributed by atoms with Crippen LogP contribution in [0.5, 0.6) is 17.5 Å². The van der Waals surface area contributed by atoms with E-state index in [1.807, 2.05) is 26.0 Å². The molecule has 4 aromatic rings. The van der Waals surface area contributed by atoms with Crippen LogP contribution >= 0.6 is 11.6 Å². The van der Waals surface area contributed by atoms with Gasteiger partial charge in [-0.1, -0.05) is 17.7 Å². The number of aromatic nitrogens is 3. The first-order valence-electron chi connectivity index (χ1n) is 12.9. The fourth-order valence-corrected chi connectivity index (χ4v) is 4.95. The van der Waals surface area contributed by atoms with E-state index in [0.29, 0.717) is 53.9 Å². The lowest BCUT2D eigenvalue weighted by molar-refractivity contribution is -0.151. The summed E-state index contributed by atoms with van der Waals surface area (Å²) in [7, 11) is 0. The van der Waals surface area contributed by atoms with Crippen LogP contribution in [0.3, 0.4) is 0 Å². The van der Waals surface area contributed by atoms with Gasteiger partial charge in [-0.05, 0) is 82.0 Å². The Hall–Kier alpha value is -4.18. The second-order valence-corrected chi connectivity index (χ2v) is 10.8. The topological polar surface area (TPSA) is 128 Å². The maximum Gasteiger partial charge on any atom is 0.325 e. The third-order valence-electron chi connectivity index (χ3n) is 6.85. The first kappa shape index (κ1) is 27.4. The Bertz CT molecular complexity index is 1570. The number of nitrogens with zero attached hydrogens (tertiary/aromatic N) is 4. The van der Waals surface area contributed by atoms with E-state index in [4.69, 9.17) is 25.5 Å². The van der Waals surface area contributed by atoms with Crippen LogP contribution in [0.1, 0.15) is 37.8 Å². The largest absolute Gasteiger partial charge is 0.481 e. The molecule has 0 saturated carbocycles. The molecule has 0 unspecified atom stereocenters.